The summed E-state index contributed by atoms with van der Waals surface area (Å²) in [5.41, 5.74) is 2.51. The van der Waals surface area contributed by atoms with E-state index in [-0.39, 0.29) is 30.4 Å². The molecule has 11 heteroatoms. The number of aryl methyl sites for hydroxylation is 1. The molecule has 0 spiro atoms. The van der Waals surface area contributed by atoms with Crippen molar-refractivity contribution in [3.8, 4) is 17.2 Å². The van der Waals surface area contributed by atoms with Gasteiger partial charge in [-0.15, -0.1) is 10.1 Å². The van der Waals surface area contributed by atoms with Crippen LogP contribution in [0.15, 0.2) is 91.0 Å². The molecule has 0 heterocycles. The first kappa shape index (κ1) is 52.6. The third kappa shape index (κ3) is 27.2. The molecule has 0 aliphatic carbocycles. The molecule has 0 saturated heterocycles. The van der Waals surface area contributed by atoms with Crippen LogP contribution in [0.3, 0.4) is 0 Å². The summed E-state index contributed by atoms with van der Waals surface area (Å²) < 4.78 is 15.4. The predicted molar refractivity (Wildman–Crippen MR) is 233 cm³/mol. The highest BCUT2D eigenvalue weighted by Crippen LogP contribution is 2.29. The molecule has 3 rings (SSSR count). The molecule has 0 aliphatic heterocycles. The lowest BCUT2D eigenvalue weighted by Crippen LogP contribution is -2.25. The highest BCUT2D eigenvalue weighted by molar-refractivity contribution is 5.89. The van der Waals surface area contributed by atoms with Crippen LogP contribution in [0, 0.1) is 22.0 Å². The number of carbonyl (C=O) groups excluding carboxylic acids is 3. The molecule has 1 amide bonds. The van der Waals surface area contributed by atoms with Crippen LogP contribution in [0.1, 0.15) is 123 Å². The van der Waals surface area contributed by atoms with E-state index in [4.69, 9.17) is 14.2 Å². The Bertz CT molecular complexity index is 1610. The molecule has 1 unspecified atom stereocenters. The monoisotopic (exact) mass is 804 g/mol. The number of hydrogen-bond donors (Lipinski definition) is 1. The Morgan fingerprint density at radius 1 is 0.862 bits per heavy atom. The zero-order valence-electron chi connectivity index (χ0n) is 36.1. The van der Waals surface area contributed by atoms with Crippen LogP contribution in [-0.2, 0) is 32.2 Å². The second-order valence-corrected chi connectivity index (χ2v) is 13.7. The smallest absolute Gasteiger partial charge is 0.336 e. The van der Waals surface area contributed by atoms with Gasteiger partial charge in [0, 0.05) is 6.08 Å². The van der Waals surface area contributed by atoms with E-state index in [1.807, 2.05) is 0 Å². The molecule has 0 fully saturated rings. The number of rotatable bonds is 22. The van der Waals surface area contributed by atoms with E-state index in [9.17, 15) is 24.5 Å². The first-order chi connectivity index (χ1) is 28.0. The van der Waals surface area contributed by atoms with Crippen LogP contribution >= 0.6 is 0 Å². The van der Waals surface area contributed by atoms with Crippen molar-refractivity contribution in [3.63, 3.8) is 0 Å². The van der Waals surface area contributed by atoms with Gasteiger partial charge in [0.2, 0.25) is 6.41 Å². The molecule has 0 bridgehead atoms. The molecule has 1 atom stereocenters. The van der Waals surface area contributed by atoms with Gasteiger partial charge in [0.25, 0.3) is 5.09 Å². The van der Waals surface area contributed by atoms with Gasteiger partial charge in [-0.05, 0) is 85.1 Å². The van der Waals surface area contributed by atoms with E-state index in [2.05, 4.69) is 101 Å². The third-order valence-corrected chi connectivity index (χ3v) is 8.42. The highest BCUT2D eigenvalue weighted by Gasteiger charge is 2.11. The van der Waals surface area contributed by atoms with E-state index in [1.165, 1.54) is 113 Å². The first-order valence-electron chi connectivity index (χ1n) is 20.4. The lowest BCUT2D eigenvalue weighted by atomic mass is 9.88. The molecular weight excluding hydrogens is 737 g/mol. The number of unbranched alkanes of at least 4 members (excludes halogenated alkanes) is 4. The van der Waals surface area contributed by atoms with Crippen LogP contribution in [0.4, 0.5) is 0 Å². The van der Waals surface area contributed by atoms with E-state index in [1.54, 1.807) is 18.2 Å². The minimum atomic E-state index is -0.913. The van der Waals surface area contributed by atoms with Crippen molar-refractivity contribution in [2.24, 2.45) is 11.8 Å². The fraction of sp³-hybridized carbons (Fsp3) is 0.468. The van der Waals surface area contributed by atoms with Crippen molar-refractivity contribution in [1.82, 2.24) is 5.32 Å². The van der Waals surface area contributed by atoms with Gasteiger partial charge in [-0.3, -0.25) is 4.79 Å². The third-order valence-electron chi connectivity index (χ3n) is 8.42. The Hall–Kier alpha value is -5.45. The van der Waals surface area contributed by atoms with E-state index in [0.29, 0.717) is 17.5 Å². The van der Waals surface area contributed by atoms with E-state index >= 15 is 0 Å². The molecule has 0 aromatic heterocycles. The Morgan fingerprint density at radius 3 is 2.17 bits per heavy atom. The largest absolute Gasteiger partial charge is 0.493 e. The summed E-state index contributed by atoms with van der Waals surface area (Å²) in [5, 5.41) is 11.5. The first-order valence-corrected chi connectivity index (χ1v) is 20.4. The fourth-order valence-electron chi connectivity index (χ4n) is 5.35. The van der Waals surface area contributed by atoms with Crippen molar-refractivity contribution in [2.75, 3.05) is 13.7 Å². The number of nitrogens with one attached hydrogen (secondary N) is 1. The summed E-state index contributed by atoms with van der Waals surface area (Å²) >= 11 is 0. The zero-order valence-corrected chi connectivity index (χ0v) is 36.1. The van der Waals surface area contributed by atoms with Gasteiger partial charge in [-0.2, -0.15) is 0 Å². The number of nitrogens with zero attached hydrogens (tertiary/aromatic N) is 1. The quantitative estimate of drug-likeness (QED) is 0.0153. The molecular formula is C47H68N2O9. The maximum atomic E-state index is 12.0. The molecule has 0 saturated carbocycles. The summed E-state index contributed by atoms with van der Waals surface area (Å²) in [4.78, 5) is 48.4. The summed E-state index contributed by atoms with van der Waals surface area (Å²) in [6, 6.07) is 21.6. The maximum absolute atomic E-state index is 12.0. The Kier molecular flexibility index (Phi) is 31.5. The molecule has 1 N–H and O–H groups in total. The summed E-state index contributed by atoms with van der Waals surface area (Å²) in [6.45, 7) is 15.0. The summed E-state index contributed by atoms with van der Waals surface area (Å²) in [6.07, 6.45) is 20.6. The highest BCUT2D eigenvalue weighted by atomic mass is 16.9. The topological polar surface area (TPSA) is 143 Å². The molecule has 11 nitrogen and oxygen atoms in total. The van der Waals surface area contributed by atoms with Crippen LogP contribution < -0.4 is 19.5 Å². The SMILES string of the molecule is C/C=C\CCCC.CCC.CCC(CCCCCc1ccccc1)C(C)C.COc1cc(/C=C/C(=O)Oc2cccc(CO[N+](=O)[O-])c2)ccc1OC(=O)CNC=O. The Labute approximate surface area is 347 Å². The normalized spacial score (nSPS) is 10.8. The van der Waals surface area contributed by atoms with Gasteiger partial charge in [0.15, 0.2) is 11.5 Å². The van der Waals surface area contributed by atoms with Crippen molar-refractivity contribution in [1.29, 1.82) is 0 Å². The van der Waals surface area contributed by atoms with E-state index < -0.39 is 17.0 Å². The average molecular weight is 805 g/mol. The molecule has 58 heavy (non-hydrogen) atoms. The Balaban J connectivity index is 0.000001000. The minimum absolute atomic E-state index is 0.147. The summed E-state index contributed by atoms with van der Waals surface area (Å²) in [7, 11) is 1.38. The van der Waals surface area contributed by atoms with Gasteiger partial charge in [0.05, 0.1) is 7.11 Å². The lowest BCUT2D eigenvalue weighted by molar-refractivity contribution is -0.763. The number of hydrogen-bond acceptors (Lipinski definition) is 9. The van der Waals surface area contributed by atoms with Crippen molar-refractivity contribution < 1.29 is 38.5 Å². The number of ether oxygens (including phenoxy) is 3. The van der Waals surface area contributed by atoms with Crippen LogP contribution in [0.5, 0.6) is 17.2 Å². The second-order valence-electron chi connectivity index (χ2n) is 13.7. The zero-order chi connectivity index (χ0) is 43.4. The molecule has 3 aromatic rings. The van der Waals surface area contributed by atoms with Gasteiger partial charge in [-0.1, -0.05) is 147 Å². The van der Waals surface area contributed by atoms with Gasteiger partial charge < -0.3 is 24.4 Å². The summed E-state index contributed by atoms with van der Waals surface area (Å²) in [5.74, 6) is 1.02. The number of methoxy groups -OCH3 is 1. The Morgan fingerprint density at radius 2 is 1.57 bits per heavy atom. The van der Waals surface area contributed by atoms with Gasteiger partial charge >= 0.3 is 11.9 Å². The molecule has 3 aromatic carbocycles. The number of esters is 2. The average Bonchev–Trinajstić information content (AvgIpc) is 3.21. The van der Waals surface area contributed by atoms with Crippen molar-refractivity contribution in [2.45, 2.75) is 119 Å². The number of benzene rings is 3. The van der Waals surface area contributed by atoms with Crippen LogP contribution in [0.25, 0.3) is 6.08 Å². The second kappa shape index (κ2) is 34.8. The number of allylic oxidation sites excluding steroid dienone is 2. The fourth-order valence-corrected chi connectivity index (χ4v) is 5.35. The number of amides is 1. The van der Waals surface area contributed by atoms with Crippen molar-refractivity contribution in [3.05, 3.63) is 118 Å². The number of carbonyl (C=O) groups is 3. The van der Waals surface area contributed by atoms with Crippen LogP contribution in [0.2, 0.25) is 0 Å². The van der Waals surface area contributed by atoms with Crippen LogP contribution in [-0.4, -0.2) is 37.1 Å². The van der Waals surface area contributed by atoms with E-state index in [0.717, 1.165) is 11.8 Å². The minimum Gasteiger partial charge on any atom is -0.493 e. The molecule has 0 radical (unpaired) electrons. The lowest BCUT2D eigenvalue weighted by Gasteiger charge is -2.18. The van der Waals surface area contributed by atoms with Gasteiger partial charge in [-0.25, -0.2) is 9.59 Å². The maximum Gasteiger partial charge on any atom is 0.336 e. The standard InChI is InChI=1S/C20H18N2O9.C17H28.C7H14.C3H8/c1-28-18-10-14(5-7-17(18)31-20(25)11-21-13-23)6-8-19(24)30-16-4-2-3-15(9-16)12-29-22(26)27;1-4-17(15(2)3)14-10-6-9-13-16-11-7-5-8-12-16;1-3-5-7-6-4-2;1-3-2/h2-10,13H,11-12H2,1H3,(H,21,23);5,7-8,11-12,15,17H,4,6,9-10,13-14H2,1-3H3;3,5H,4,6-7H2,1-2H3;3H2,1-2H3/b8-6+;;5-3-;. The van der Waals surface area contributed by atoms with Crippen molar-refractivity contribution >= 4 is 24.4 Å². The van der Waals surface area contributed by atoms with Gasteiger partial charge in [0.1, 0.15) is 18.9 Å². The predicted octanol–water partition coefficient (Wildman–Crippen LogP) is 11.3. The molecule has 0 aliphatic rings. The molecule has 320 valence electrons.